The van der Waals surface area contributed by atoms with Crippen molar-refractivity contribution in [1.29, 1.82) is 0 Å². The lowest BCUT2D eigenvalue weighted by molar-refractivity contribution is 0.0690. The number of aromatic carboxylic acids is 1. The summed E-state index contributed by atoms with van der Waals surface area (Å²) in [6.07, 6.45) is 9.06. The van der Waals surface area contributed by atoms with Crippen molar-refractivity contribution in [1.82, 2.24) is 9.97 Å². The lowest BCUT2D eigenvalue weighted by Crippen LogP contribution is -2.37. The molecule has 1 aliphatic rings. The van der Waals surface area contributed by atoms with Crippen molar-refractivity contribution in [3.63, 3.8) is 0 Å². The van der Waals surface area contributed by atoms with Gasteiger partial charge in [0.05, 0.1) is 12.4 Å². The molecule has 1 heterocycles. The summed E-state index contributed by atoms with van der Waals surface area (Å²) in [6, 6.07) is 0.474. The van der Waals surface area contributed by atoms with Gasteiger partial charge in [-0.05, 0) is 19.8 Å². The Kier molecular flexibility index (Phi) is 4.12. The van der Waals surface area contributed by atoms with Crippen molar-refractivity contribution in [2.75, 3.05) is 11.4 Å². The molecule has 1 N–H and O–H groups in total. The molecule has 1 fully saturated rings. The Hall–Kier alpha value is -1.65. The summed E-state index contributed by atoms with van der Waals surface area (Å²) in [5.74, 6) is -0.339. The van der Waals surface area contributed by atoms with Crippen LogP contribution in [0.25, 0.3) is 0 Å². The molecule has 0 atom stereocenters. The van der Waals surface area contributed by atoms with Crippen LogP contribution in [0.1, 0.15) is 49.5 Å². The van der Waals surface area contributed by atoms with Gasteiger partial charge >= 0.3 is 5.97 Å². The number of rotatable bonds is 4. The molecule has 0 aliphatic heterocycles. The van der Waals surface area contributed by atoms with Gasteiger partial charge in [-0.15, -0.1) is 0 Å². The minimum Gasteiger partial charge on any atom is -0.476 e. The zero-order chi connectivity index (χ0) is 13.0. The summed E-state index contributed by atoms with van der Waals surface area (Å²) in [5.41, 5.74) is 0.0155. The van der Waals surface area contributed by atoms with E-state index < -0.39 is 5.97 Å². The molecular formula is C13H19N3O2. The van der Waals surface area contributed by atoms with Gasteiger partial charge in [-0.25, -0.2) is 9.78 Å². The normalized spacial score (nSPS) is 16.5. The molecular weight excluding hydrogens is 230 g/mol. The van der Waals surface area contributed by atoms with Gasteiger partial charge in [0, 0.05) is 12.6 Å². The van der Waals surface area contributed by atoms with Gasteiger partial charge in [0.25, 0.3) is 0 Å². The number of carboxylic acid groups (broad SMARTS) is 1. The fourth-order valence-electron chi connectivity index (χ4n) is 2.60. The predicted molar refractivity (Wildman–Crippen MR) is 68.9 cm³/mol. The maximum atomic E-state index is 10.9. The first-order chi connectivity index (χ1) is 8.72. The molecule has 1 aromatic rings. The second-order valence-corrected chi connectivity index (χ2v) is 4.65. The monoisotopic (exact) mass is 249 g/mol. The van der Waals surface area contributed by atoms with Crippen molar-refractivity contribution >= 4 is 11.8 Å². The minimum atomic E-state index is -1.02. The van der Waals surface area contributed by atoms with Crippen molar-refractivity contribution in [2.24, 2.45) is 0 Å². The SMILES string of the molecule is CCN(c1cncc(C(=O)O)n1)C1CCCCC1. The Morgan fingerprint density at radius 1 is 1.39 bits per heavy atom. The number of nitrogens with zero attached hydrogens (tertiary/aromatic N) is 3. The summed E-state index contributed by atoms with van der Waals surface area (Å²) in [5, 5.41) is 8.95. The molecule has 98 valence electrons. The summed E-state index contributed by atoms with van der Waals surface area (Å²) in [6.45, 7) is 2.91. The second kappa shape index (κ2) is 5.80. The number of hydrogen-bond acceptors (Lipinski definition) is 4. The molecule has 0 spiro atoms. The van der Waals surface area contributed by atoms with Crippen LogP contribution in [-0.2, 0) is 0 Å². The van der Waals surface area contributed by atoms with Gasteiger partial charge in [0.1, 0.15) is 5.82 Å². The molecule has 18 heavy (non-hydrogen) atoms. The topological polar surface area (TPSA) is 66.3 Å². The van der Waals surface area contributed by atoms with Crippen LogP contribution in [0.5, 0.6) is 0 Å². The van der Waals surface area contributed by atoms with E-state index in [1.54, 1.807) is 6.20 Å². The molecule has 1 aromatic heterocycles. The van der Waals surface area contributed by atoms with Gasteiger partial charge in [-0.3, -0.25) is 4.98 Å². The van der Waals surface area contributed by atoms with E-state index in [0.29, 0.717) is 11.9 Å². The van der Waals surface area contributed by atoms with E-state index in [4.69, 9.17) is 5.11 Å². The first-order valence-electron chi connectivity index (χ1n) is 6.54. The number of anilines is 1. The summed E-state index contributed by atoms with van der Waals surface area (Å²) < 4.78 is 0. The zero-order valence-corrected chi connectivity index (χ0v) is 10.7. The average molecular weight is 249 g/mol. The average Bonchev–Trinajstić information content (AvgIpc) is 2.41. The van der Waals surface area contributed by atoms with Gasteiger partial charge in [-0.2, -0.15) is 0 Å². The molecule has 0 aromatic carbocycles. The number of carboxylic acids is 1. The number of aromatic nitrogens is 2. The highest BCUT2D eigenvalue weighted by atomic mass is 16.4. The third kappa shape index (κ3) is 2.78. The molecule has 5 nitrogen and oxygen atoms in total. The van der Waals surface area contributed by atoms with Crippen LogP contribution in [0.15, 0.2) is 12.4 Å². The van der Waals surface area contributed by atoms with Gasteiger partial charge in [-0.1, -0.05) is 19.3 Å². The molecule has 0 radical (unpaired) electrons. The number of hydrogen-bond donors (Lipinski definition) is 1. The van der Waals surface area contributed by atoms with Crippen molar-refractivity contribution in [3.05, 3.63) is 18.1 Å². The van der Waals surface area contributed by atoms with Crippen LogP contribution >= 0.6 is 0 Å². The first-order valence-corrected chi connectivity index (χ1v) is 6.54. The highest BCUT2D eigenvalue weighted by molar-refractivity contribution is 5.85. The summed E-state index contributed by atoms with van der Waals surface area (Å²) >= 11 is 0. The molecule has 0 saturated heterocycles. The largest absolute Gasteiger partial charge is 0.476 e. The van der Waals surface area contributed by atoms with Gasteiger partial charge in [0.15, 0.2) is 5.69 Å². The third-order valence-corrected chi connectivity index (χ3v) is 3.49. The second-order valence-electron chi connectivity index (χ2n) is 4.65. The molecule has 2 rings (SSSR count). The first kappa shape index (κ1) is 12.8. The Balaban J connectivity index is 2.20. The molecule has 5 heteroatoms. The predicted octanol–water partition coefficient (Wildman–Crippen LogP) is 2.33. The van der Waals surface area contributed by atoms with Gasteiger partial charge < -0.3 is 10.0 Å². The summed E-state index contributed by atoms with van der Waals surface area (Å²) in [7, 11) is 0. The van der Waals surface area contributed by atoms with Crippen LogP contribution in [-0.4, -0.2) is 33.6 Å². The quantitative estimate of drug-likeness (QED) is 0.887. The van der Waals surface area contributed by atoms with E-state index in [1.807, 2.05) is 0 Å². The summed E-state index contributed by atoms with van der Waals surface area (Å²) in [4.78, 5) is 21.3. The standard InChI is InChI=1S/C13H19N3O2/c1-2-16(10-6-4-3-5-7-10)12-9-14-8-11(15-12)13(17)18/h8-10H,2-7H2,1H3,(H,17,18). The van der Waals surface area contributed by atoms with E-state index in [2.05, 4.69) is 21.8 Å². The molecule has 1 aliphatic carbocycles. The fraction of sp³-hybridized carbons (Fsp3) is 0.615. The van der Waals surface area contributed by atoms with Gasteiger partial charge in [0.2, 0.25) is 0 Å². The van der Waals surface area contributed by atoms with E-state index in [-0.39, 0.29) is 5.69 Å². The minimum absolute atomic E-state index is 0.0155. The lowest BCUT2D eigenvalue weighted by atomic mass is 9.94. The Morgan fingerprint density at radius 3 is 2.72 bits per heavy atom. The Bertz CT molecular complexity index is 416. The van der Waals surface area contributed by atoms with Crippen LogP contribution in [0.2, 0.25) is 0 Å². The van der Waals surface area contributed by atoms with Crippen molar-refractivity contribution in [3.8, 4) is 0 Å². The maximum absolute atomic E-state index is 10.9. The molecule has 0 bridgehead atoms. The van der Waals surface area contributed by atoms with E-state index in [0.717, 1.165) is 19.4 Å². The van der Waals surface area contributed by atoms with Crippen molar-refractivity contribution < 1.29 is 9.90 Å². The highest BCUT2D eigenvalue weighted by Crippen LogP contribution is 2.25. The van der Waals surface area contributed by atoms with Crippen molar-refractivity contribution in [2.45, 2.75) is 45.1 Å². The molecule has 0 amide bonds. The lowest BCUT2D eigenvalue weighted by Gasteiger charge is -2.34. The molecule has 0 unspecified atom stereocenters. The van der Waals surface area contributed by atoms with Crippen LogP contribution < -0.4 is 4.90 Å². The van der Waals surface area contributed by atoms with Crippen LogP contribution in [0, 0.1) is 0 Å². The highest BCUT2D eigenvalue weighted by Gasteiger charge is 2.22. The maximum Gasteiger partial charge on any atom is 0.356 e. The number of carbonyl (C=O) groups is 1. The smallest absolute Gasteiger partial charge is 0.356 e. The Morgan fingerprint density at radius 2 is 2.11 bits per heavy atom. The Labute approximate surface area is 107 Å². The van der Waals surface area contributed by atoms with E-state index in [1.165, 1.54) is 25.5 Å². The third-order valence-electron chi connectivity index (χ3n) is 3.49. The van der Waals surface area contributed by atoms with E-state index in [9.17, 15) is 4.79 Å². The van der Waals surface area contributed by atoms with Crippen LogP contribution in [0.3, 0.4) is 0 Å². The fourth-order valence-corrected chi connectivity index (χ4v) is 2.60. The zero-order valence-electron chi connectivity index (χ0n) is 10.7. The van der Waals surface area contributed by atoms with Crippen LogP contribution in [0.4, 0.5) is 5.82 Å². The molecule has 1 saturated carbocycles. The van der Waals surface area contributed by atoms with E-state index >= 15 is 0 Å².